The first kappa shape index (κ1) is 26.5. The minimum absolute atomic E-state index is 0.0966. The smallest absolute Gasteiger partial charge is 0.335 e. The fraction of sp³-hybridized carbons (Fsp3) is 0.267. The number of hydrogen-bond donors (Lipinski definition) is 2. The van der Waals surface area contributed by atoms with Gasteiger partial charge in [0.1, 0.15) is 0 Å². The minimum Gasteiger partial charge on any atom is -0.478 e. The second-order valence-corrected chi connectivity index (χ2v) is 10.8. The lowest BCUT2D eigenvalue weighted by atomic mass is 9.90. The zero-order valence-corrected chi connectivity index (χ0v) is 22.8. The molecular formula is C30H30N2O6S. The van der Waals surface area contributed by atoms with E-state index in [2.05, 4.69) is 18.6 Å². The standard InChI is InChI=1S/C30H30N2O6S/c1-4-18(3)19-6-10-22(11-7-19)39(36)31-29(33)28(20-9-13-26-27(15-20)38-17-37-26)24-16-32(5-2)25-14-21(30(34)35)8-12-23(24)25/h6-16,18,28H,4-5,17H2,1-3H3,(H,31,33)(H,34,35). The molecule has 0 aliphatic carbocycles. The molecule has 0 fully saturated rings. The van der Waals surface area contributed by atoms with Crippen LogP contribution in [0.1, 0.15) is 66.1 Å². The zero-order valence-electron chi connectivity index (χ0n) is 22.0. The summed E-state index contributed by atoms with van der Waals surface area (Å²) in [6, 6.07) is 17.6. The van der Waals surface area contributed by atoms with Crippen molar-refractivity contribution in [2.75, 3.05) is 6.79 Å². The number of carboxylic acid groups (broad SMARTS) is 1. The lowest BCUT2D eigenvalue weighted by molar-refractivity contribution is -0.119. The van der Waals surface area contributed by atoms with Gasteiger partial charge < -0.3 is 19.1 Å². The van der Waals surface area contributed by atoms with Crippen molar-refractivity contribution in [1.82, 2.24) is 9.29 Å². The second kappa shape index (κ2) is 10.9. The van der Waals surface area contributed by atoms with Gasteiger partial charge in [-0.2, -0.15) is 0 Å². The fourth-order valence-electron chi connectivity index (χ4n) is 4.87. The Kier molecular flexibility index (Phi) is 7.43. The van der Waals surface area contributed by atoms with Gasteiger partial charge in [0.2, 0.25) is 12.7 Å². The van der Waals surface area contributed by atoms with Crippen molar-refractivity contribution in [2.45, 2.75) is 50.5 Å². The molecule has 1 amide bonds. The first-order valence-corrected chi connectivity index (χ1v) is 14.0. The van der Waals surface area contributed by atoms with E-state index in [4.69, 9.17) is 9.47 Å². The summed E-state index contributed by atoms with van der Waals surface area (Å²) in [7, 11) is -1.78. The number of nitrogens with one attached hydrogen (secondary N) is 1. The van der Waals surface area contributed by atoms with E-state index in [0.29, 0.717) is 45.5 Å². The maximum Gasteiger partial charge on any atom is 0.335 e. The maximum absolute atomic E-state index is 13.9. The van der Waals surface area contributed by atoms with E-state index in [-0.39, 0.29) is 12.4 Å². The molecule has 3 atom stereocenters. The Morgan fingerprint density at radius 3 is 2.41 bits per heavy atom. The molecule has 2 N–H and O–H groups in total. The Hall–Kier alpha value is -4.11. The van der Waals surface area contributed by atoms with Gasteiger partial charge in [0.25, 0.3) is 0 Å². The average Bonchev–Trinajstić information content (AvgIpc) is 3.56. The van der Waals surface area contributed by atoms with Crippen LogP contribution in [0, 0.1) is 0 Å². The lowest BCUT2D eigenvalue weighted by Gasteiger charge is -2.18. The van der Waals surface area contributed by atoms with E-state index in [1.807, 2.05) is 29.8 Å². The zero-order chi connectivity index (χ0) is 27.7. The van der Waals surface area contributed by atoms with Crippen LogP contribution >= 0.6 is 0 Å². The van der Waals surface area contributed by atoms with Crippen LogP contribution in [0.5, 0.6) is 11.5 Å². The molecule has 39 heavy (non-hydrogen) atoms. The molecule has 0 bridgehead atoms. The van der Waals surface area contributed by atoms with Crippen LogP contribution in [0.3, 0.4) is 0 Å². The summed E-state index contributed by atoms with van der Waals surface area (Å²) in [4.78, 5) is 26.0. The van der Waals surface area contributed by atoms with Gasteiger partial charge in [-0.3, -0.25) is 9.52 Å². The average molecular weight is 547 g/mol. The Morgan fingerprint density at radius 1 is 1.00 bits per heavy atom. The third-order valence-corrected chi connectivity index (χ3v) is 8.36. The van der Waals surface area contributed by atoms with Crippen LogP contribution in [-0.4, -0.2) is 32.6 Å². The van der Waals surface area contributed by atoms with Gasteiger partial charge in [0, 0.05) is 23.6 Å². The van der Waals surface area contributed by atoms with E-state index in [0.717, 1.165) is 17.4 Å². The molecule has 0 radical (unpaired) electrons. The molecule has 9 heteroatoms. The number of ether oxygens (including phenoxy) is 2. The number of carbonyl (C=O) groups is 2. The Labute approximate surface area is 229 Å². The van der Waals surface area contributed by atoms with E-state index in [9.17, 15) is 18.9 Å². The SMILES string of the molecule is CCC(C)c1ccc(S(=O)NC(=O)C(c2ccc3c(c2)OCO3)c2cn(CC)c3cc(C(=O)O)ccc23)cc1. The van der Waals surface area contributed by atoms with Crippen LogP contribution in [0.15, 0.2) is 71.8 Å². The quantitative estimate of drug-likeness (QED) is 0.284. The van der Waals surface area contributed by atoms with Crippen molar-refractivity contribution in [1.29, 1.82) is 0 Å². The van der Waals surface area contributed by atoms with Gasteiger partial charge >= 0.3 is 5.97 Å². The van der Waals surface area contributed by atoms with Crippen molar-refractivity contribution < 1.29 is 28.4 Å². The third-order valence-electron chi connectivity index (χ3n) is 7.27. The molecule has 3 aromatic carbocycles. The van der Waals surface area contributed by atoms with Gasteiger partial charge in [-0.1, -0.05) is 38.1 Å². The number of fused-ring (bicyclic) bond motifs is 2. The molecule has 3 unspecified atom stereocenters. The number of aryl methyl sites for hydroxylation is 1. The number of rotatable bonds is 9. The van der Waals surface area contributed by atoms with E-state index in [1.54, 1.807) is 42.5 Å². The number of benzene rings is 3. The molecule has 8 nitrogen and oxygen atoms in total. The van der Waals surface area contributed by atoms with Crippen LogP contribution in [0.2, 0.25) is 0 Å². The highest BCUT2D eigenvalue weighted by Gasteiger charge is 2.30. The number of carbonyl (C=O) groups excluding carboxylic acids is 1. The molecule has 5 rings (SSSR count). The third kappa shape index (κ3) is 5.14. The number of hydrogen-bond acceptors (Lipinski definition) is 5. The molecule has 2 heterocycles. The van der Waals surface area contributed by atoms with Gasteiger partial charge in [-0.25, -0.2) is 9.00 Å². The summed E-state index contributed by atoms with van der Waals surface area (Å²) in [6.07, 6.45) is 2.85. The highest BCUT2D eigenvalue weighted by Crippen LogP contribution is 2.39. The van der Waals surface area contributed by atoms with E-state index in [1.165, 1.54) is 6.07 Å². The summed E-state index contributed by atoms with van der Waals surface area (Å²) in [5.74, 6) is -0.814. The predicted molar refractivity (Wildman–Crippen MR) is 149 cm³/mol. The van der Waals surface area contributed by atoms with Crippen LogP contribution in [0.4, 0.5) is 0 Å². The summed E-state index contributed by atoms with van der Waals surface area (Å²) < 4.78 is 28.9. The molecule has 0 spiro atoms. The largest absolute Gasteiger partial charge is 0.478 e. The van der Waals surface area contributed by atoms with E-state index < -0.39 is 28.8 Å². The molecule has 1 aliphatic rings. The van der Waals surface area contributed by atoms with Gasteiger partial charge in [-0.05, 0) is 72.4 Å². The summed E-state index contributed by atoms with van der Waals surface area (Å²) in [5, 5.41) is 10.3. The highest BCUT2D eigenvalue weighted by molar-refractivity contribution is 7.83. The predicted octanol–water partition coefficient (Wildman–Crippen LogP) is 5.57. The van der Waals surface area contributed by atoms with Crippen molar-refractivity contribution in [3.05, 3.63) is 89.1 Å². The van der Waals surface area contributed by atoms with Crippen LogP contribution < -0.4 is 14.2 Å². The topological polar surface area (TPSA) is 107 Å². The first-order chi connectivity index (χ1) is 18.8. The number of nitrogens with zero attached hydrogens (tertiary/aromatic N) is 1. The number of amides is 1. The first-order valence-electron chi connectivity index (χ1n) is 12.9. The van der Waals surface area contributed by atoms with E-state index >= 15 is 0 Å². The second-order valence-electron chi connectivity index (χ2n) is 9.57. The minimum atomic E-state index is -1.78. The normalized spacial score (nSPS) is 14.6. The Balaban J connectivity index is 1.55. The summed E-state index contributed by atoms with van der Waals surface area (Å²) in [5.41, 5.74) is 3.32. The Bertz CT molecular complexity index is 1580. The molecule has 4 aromatic rings. The molecule has 202 valence electrons. The van der Waals surface area contributed by atoms with Gasteiger partial charge in [0.15, 0.2) is 22.5 Å². The number of aromatic nitrogens is 1. The maximum atomic E-state index is 13.9. The summed E-state index contributed by atoms with van der Waals surface area (Å²) >= 11 is 0. The molecule has 0 saturated heterocycles. The van der Waals surface area contributed by atoms with Gasteiger partial charge in [0.05, 0.1) is 16.4 Å². The van der Waals surface area contributed by atoms with Gasteiger partial charge in [-0.15, -0.1) is 0 Å². The molecular weight excluding hydrogens is 516 g/mol. The Morgan fingerprint density at radius 2 is 1.72 bits per heavy atom. The molecule has 0 saturated carbocycles. The van der Waals surface area contributed by atoms with Crippen molar-refractivity contribution in [2.24, 2.45) is 0 Å². The molecule has 1 aliphatic heterocycles. The van der Waals surface area contributed by atoms with Crippen molar-refractivity contribution >= 4 is 33.8 Å². The fourth-order valence-corrected chi connectivity index (χ4v) is 5.68. The lowest BCUT2D eigenvalue weighted by Crippen LogP contribution is -2.31. The molecule has 1 aromatic heterocycles. The van der Waals surface area contributed by atoms with Crippen molar-refractivity contribution in [3.63, 3.8) is 0 Å². The highest BCUT2D eigenvalue weighted by atomic mass is 32.2. The number of aromatic carboxylic acids is 1. The summed E-state index contributed by atoms with van der Waals surface area (Å²) in [6.45, 7) is 6.87. The van der Waals surface area contributed by atoms with Crippen LogP contribution in [-0.2, 0) is 22.3 Å². The monoisotopic (exact) mass is 546 g/mol. The number of carboxylic acids is 1. The van der Waals surface area contributed by atoms with Crippen molar-refractivity contribution in [3.8, 4) is 11.5 Å². The van der Waals surface area contributed by atoms with Crippen LogP contribution in [0.25, 0.3) is 10.9 Å².